The monoisotopic (exact) mass is 328 g/mol. The number of carboxylic acid groups (broad SMARTS) is 2. The lowest BCUT2D eigenvalue weighted by Gasteiger charge is -2.16. The average Bonchev–Trinajstić information content (AvgIpc) is 2.55. The number of urea groups is 1. The normalized spacial score (nSPS) is 11.3. The van der Waals surface area contributed by atoms with Gasteiger partial charge in [0.2, 0.25) is 0 Å². The van der Waals surface area contributed by atoms with E-state index in [-0.39, 0.29) is 17.7 Å². The number of carboxylic acids is 2. The molecule has 1 unspecified atom stereocenters. The number of nitrogens with one attached hydrogen (secondary N) is 2. The Labute approximate surface area is 137 Å². The van der Waals surface area contributed by atoms with E-state index in [0.717, 1.165) is 5.56 Å². The van der Waals surface area contributed by atoms with E-state index in [9.17, 15) is 19.5 Å². The molecule has 2 rings (SSSR count). The predicted octanol–water partition coefficient (Wildman–Crippen LogP) is 2.20. The van der Waals surface area contributed by atoms with Crippen LogP contribution in [0.15, 0.2) is 54.6 Å². The maximum atomic E-state index is 12.0. The number of aromatic carboxylic acids is 1. The molecular formula is C17H16N2O5. The van der Waals surface area contributed by atoms with E-state index >= 15 is 0 Å². The van der Waals surface area contributed by atoms with Crippen molar-refractivity contribution in [3.05, 3.63) is 65.7 Å². The number of rotatable bonds is 6. The van der Waals surface area contributed by atoms with Crippen molar-refractivity contribution in [1.82, 2.24) is 5.32 Å². The summed E-state index contributed by atoms with van der Waals surface area (Å²) in [5.74, 6) is -2.37. The molecule has 7 heteroatoms. The van der Waals surface area contributed by atoms with Gasteiger partial charge in [0.1, 0.15) is 6.04 Å². The number of anilines is 1. The van der Waals surface area contributed by atoms with Gasteiger partial charge < -0.3 is 20.8 Å². The predicted molar refractivity (Wildman–Crippen MR) is 87.1 cm³/mol. The van der Waals surface area contributed by atoms with Gasteiger partial charge in [0.25, 0.3) is 0 Å². The SMILES string of the molecule is O=C(Nc1ccccc1C(=O)O)NC(Cc1ccccc1)C(=O)O. The minimum atomic E-state index is -1.19. The van der Waals surface area contributed by atoms with E-state index in [1.54, 1.807) is 30.3 Å². The number of aliphatic carboxylic acids is 1. The Morgan fingerprint density at radius 2 is 1.54 bits per heavy atom. The molecule has 1 atom stereocenters. The lowest BCUT2D eigenvalue weighted by atomic mass is 10.1. The fourth-order valence-corrected chi connectivity index (χ4v) is 2.15. The molecule has 2 aromatic carbocycles. The van der Waals surface area contributed by atoms with Crippen LogP contribution >= 0.6 is 0 Å². The number of amides is 2. The third kappa shape index (κ3) is 4.57. The van der Waals surface area contributed by atoms with Crippen LogP contribution in [-0.2, 0) is 11.2 Å². The van der Waals surface area contributed by atoms with Crippen LogP contribution in [0.5, 0.6) is 0 Å². The van der Waals surface area contributed by atoms with Crippen LogP contribution in [0.25, 0.3) is 0 Å². The van der Waals surface area contributed by atoms with Crippen LogP contribution in [0.2, 0.25) is 0 Å². The molecule has 0 fully saturated rings. The Hall–Kier alpha value is -3.35. The van der Waals surface area contributed by atoms with Gasteiger partial charge in [-0.05, 0) is 17.7 Å². The largest absolute Gasteiger partial charge is 0.480 e. The van der Waals surface area contributed by atoms with Crippen molar-refractivity contribution >= 4 is 23.7 Å². The second-order valence-corrected chi connectivity index (χ2v) is 5.03. The van der Waals surface area contributed by atoms with Gasteiger partial charge in [0.05, 0.1) is 11.3 Å². The summed E-state index contributed by atoms with van der Waals surface area (Å²) < 4.78 is 0. The summed E-state index contributed by atoms with van der Waals surface area (Å²) >= 11 is 0. The lowest BCUT2D eigenvalue weighted by Crippen LogP contribution is -2.44. The van der Waals surface area contributed by atoms with Crippen molar-refractivity contribution in [1.29, 1.82) is 0 Å². The Morgan fingerprint density at radius 3 is 2.17 bits per heavy atom. The molecule has 2 aromatic rings. The smallest absolute Gasteiger partial charge is 0.337 e. The fraction of sp³-hybridized carbons (Fsp3) is 0.118. The number of para-hydroxylation sites is 1. The van der Waals surface area contributed by atoms with Crippen LogP contribution in [0.3, 0.4) is 0 Å². The molecule has 0 saturated heterocycles. The highest BCUT2D eigenvalue weighted by Gasteiger charge is 2.21. The van der Waals surface area contributed by atoms with Crippen molar-refractivity contribution in [2.75, 3.05) is 5.32 Å². The highest BCUT2D eigenvalue weighted by atomic mass is 16.4. The van der Waals surface area contributed by atoms with Crippen LogP contribution in [-0.4, -0.2) is 34.2 Å². The van der Waals surface area contributed by atoms with Crippen LogP contribution < -0.4 is 10.6 Å². The van der Waals surface area contributed by atoms with Gasteiger partial charge in [-0.15, -0.1) is 0 Å². The first-order valence-electron chi connectivity index (χ1n) is 7.14. The first kappa shape index (κ1) is 17.0. The van der Waals surface area contributed by atoms with E-state index in [2.05, 4.69) is 10.6 Å². The van der Waals surface area contributed by atoms with Crippen molar-refractivity contribution in [3.63, 3.8) is 0 Å². The number of hydrogen-bond acceptors (Lipinski definition) is 3. The van der Waals surface area contributed by atoms with Gasteiger partial charge in [-0.2, -0.15) is 0 Å². The molecule has 0 saturated carbocycles. The Morgan fingerprint density at radius 1 is 0.917 bits per heavy atom. The molecule has 124 valence electrons. The first-order valence-corrected chi connectivity index (χ1v) is 7.14. The topological polar surface area (TPSA) is 116 Å². The number of benzene rings is 2. The maximum absolute atomic E-state index is 12.0. The zero-order valence-corrected chi connectivity index (χ0v) is 12.6. The van der Waals surface area contributed by atoms with Crippen molar-refractivity contribution in [3.8, 4) is 0 Å². The summed E-state index contributed by atoms with van der Waals surface area (Å²) in [4.78, 5) is 34.5. The van der Waals surface area contributed by atoms with Crippen LogP contribution in [0.1, 0.15) is 15.9 Å². The molecule has 0 bridgehead atoms. The summed E-state index contributed by atoms with van der Waals surface area (Å²) in [6.45, 7) is 0. The summed E-state index contributed by atoms with van der Waals surface area (Å²) in [5, 5.41) is 23.0. The number of carbonyl (C=O) groups is 3. The molecule has 0 aliphatic heterocycles. The molecule has 0 heterocycles. The van der Waals surface area contributed by atoms with Gasteiger partial charge in [0, 0.05) is 6.42 Å². The third-order valence-corrected chi connectivity index (χ3v) is 3.29. The van der Waals surface area contributed by atoms with E-state index in [1.807, 2.05) is 6.07 Å². The Kier molecular flexibility index (Phi) is 5.51. The molecule has 0 aliphatic rings. The molecule has 7 nitrogen and oxygen atoms in total. The summed E-state index contributed by atoms with van der Waals surface area (Å²) in [5.41, 5.74) is 0.769. The molecule has 24 heavy (non-hydrogen) atoms. The summed E-state index contributed by atoms with van der Waals surface area (Å²) in [6.07, 6.45) is 0.115. The Bertz CT molecular complexity index is 746. The highest BCUT2D eigenvalue weighted by molar-refractivity contribution is 6.00. The number of hydrogen-bond donors (Lipinski definition) is 4. The summed E-state index contributed by atoms with van der Waals surface area (Å²) in [6, 6.07) is 12.8. The quantitative estimate of drug-likeness (QED) is 0.649. The van der Waals surface area contributed by atoms with Crippen molar-refractivity contribution in [2.24, 2.45) is 0 Å². The standard InChI is InChI=1S/C17H16N2O5/c20-15(21)12-8-4-5-9-13(12)18-17(24)19-14(16(22)23)10-11-6-2-1-3-7-11/h1-9,14H,10H2,(H,20,21)(H,22,23)(H2,18,19,24). The van der Waals surface area contributed by atoms with E-state index in [4.69, 9.17) is 5.11 Å². The van der Waals surface area contributed by atoms with E-state index in [1.165, 1.54) is 18.2 Å². The average molecular weight is 328 g/mol. The van der Waals surface area contributed by atoms with Crippen LogP contribution in [0.4, 0.5) is 10.5 Å². The van der Waals surface area contributed by atoms with Gasteiger partial charge >= 0.3 is 18.0 Å². The van der Waals surface area contributed by atoms with Gasteiger partial charge in [-0.25, -0.2) is 14.4 Å². The molecule has 0 aliphatic carbocycles. The molecular weight excluding hydrogens is 312 g/mol. The number of carbonyl (C=O) groups excluding carboxylic acids is 1. The maximum Gasteiger partial charge on any atom is 0.337 e. The Balaban J connectivity index is 2.06. The zero-order valence-electron chi connectivity index (χ0n) is 12.6. The fourth-order valence-electron chi connectivity index (χ4n) is 2.15. The zero-order chi connectivity index (χ0) is 17.5. The lowest BCUT2D eigenvalue weighted by molar-refractivity contribution is -0.139. The van der Waals surface area contributed by atoms with Gasteiger partial charge in [-0.1, -0.05) is 42.5 Å². The second-order valence-electron chi connectivity index (χ2n) is 5.03. The van der Waals surface area contributed by atoms with Crippen molar-refractivity contribution < 1.29 is 24.6 Å². The van der Waals surface area contributed by atoms with E-state index in [0.29, 0.717) is 0 Å². The molecule has 0 aromatic heterocycles. The third-order valence-electron chi connectivity index (χ3n) is 3.29. The molecule has 0 spiro atoms. The molecule has 2 amide bonds. The first-order chi connectivity index (χ1) is 11.5. The highest BCUT2D eigenvalue weighted by Crippen LogP contribution is 2.14. The van der Waals surface area contributed by atoms with Crippen molar-refractivity contribution in [2.45, 2.75) is 12.5 Å². The van der Waals surface area contributed by atoms with Gasteiger partial charge in [-0.3, -0.25) is 0 Å². The molecule has 4 N–H and O–H groups in total. The minimum absolute atomic E-state index is 0.0809. The summed E-state index contributed by atoms with van der Waals surface area (Å²) in [7, 11) is 0. The molecule has 0 radical (unpaired) electrons. The van der Waals surface area contributed by atoms with Gasteiger partial charge in [0.15, 0.2) is 0 Å². The van der Waals surface area contributed by atoms with Crippen LogP contribution in [0, 0.1) is 0 Å². The second kappa shape index (κ2) is 7.77. The van der Waals surface area contributed by atoms with E-state index < -0.39 is 24.0 Å². The minimum Gasteiger partial charge on any atom is -0.480 e.